The summed E-state index contributed by atoms with van der Waals surface area (Å²) in [7, 11) is 1.69. The second kappa shape index (κ2) is 8.80. The summed E-state index contributed by atoms with van der Waals surface area (Å²) in [6, 6.07) is 15.4. The van der Waals surface area contributed by atoms with Crippen molar-refractivity contribution in [3.63, 3.8) is 0 Å². The van der Waals surface area contributed by atoms with Crippen molar-refractivity contribution in [2.45, 2.75) is 19.9 Å². The van der Waals surface area contributed by atoms with Gasteiger partial charge in [-0.2, -0.15) is 0 Å². The fourth-order valence-electron chi connectivity index (χ4n) is 2.67. The van der Waals surface area contributed by atoms with Crippen molar-refractivity contribution in [2.24, 2.45) is 0 Å². The maximum Gasteiger partial charge on any atom is 0.331 e. The number of nitrogens with zero attached hydrogens (tertiary/aromatic N) is 2. The Kier molecular flexibility index (Phi) is 6.21. The van der Waals surface area contributed by atoms with Crippen molar-refractivity contribution in [1.29, 1.82) is 0 Å². The number of hydrogen-bond donors (Lipinski definition) is 0. The highest BCUT2D eigenvalue weighted by atomic mass is 32.1. The summed E-state index contributed by atoms with van der Waals surface area (Å²) in [5.41, 5.74) is 2.93. The van der Waals surface area contributed by atoms with Gasteiger partial charge in [-0.15, -0.1) is 11.3 Å². The van der Waals surface area contributed by atoms with E-state index in [-0.39, 0.29) is 18.6 Å². The van der Waals surface area contributed by atoms with Crippen molar-refractivity contribution in [3.8, 4) is 0 Å². The molecule has 144 valence electrons. The number of thiazole rings is 1. The van der Waals surface area contributed by atoms with Crippen LogP contribution in [0.5, 0.6) is 0 Å². The molecule has 0 unspecified atom stereocenters. The van der Waals surface area contributed by atoms with Crippen molar-refractivity contribution >= 4 is 39.5 Å². The number of rotatable bonds is 6. The number of esters is 1. The van der Waals surface area contributed by atoms with Gasteiger partial charge in [0.1, 0.15) is 5.01 Å². The minimum atomic E-state index is -0.545. The van der Waals surface area contributed by atoms with Gasteiger partial charge in [-0.3, -0.25) is 4.79 Å². The van der Waals surface area contributed by atoms with Crippen LogP contribution >= 0.6 is 11.3 Å². The van der Waals surface area contributed by atoms with Gasteiger partial charge >= 0.3 is 5.97 Å². The zero-order valence-electron chi connectivity index (χ0n) is 16.1. The molecule has 3 aromatic rings. The van der Waals surface area contributed by atoms with Gasteiger partial charge in [0, 0.05) is 13.1 Å². The third-order valence-electron chi connectivity index (χ3n) is 4.43. The van der Waals surface area contributed by atoms with E-state index < -0.39 is 5.97 Å². The molecule has 0 spiro atoms. The van der Waals surface area contributed by atoms with Crippen molar-refractivity contribution in [2.75, 3.05) is 13.7 Å². The topological polar surface area (TPSA) is 59.5 Å². The third-order valence-corrected chi connectivity index (χ3v) is 5.64. The lowest BCUT2D eigenvalue weighted by atomic mass is 10.1. The summed E-state index contributed by atoms with van der Waals surface area (Å²) in [6.07, 6.45) is 3.01. The SMILES string of the molecule is Cc1cccc(/C=C/C(=O)OCC(=O)N(C)[C@H](C)c2nc3ccccc3s2)c1. The Balaban J connectivity index is 1.55. The molecule has 0 aliphatic rings. The van der Waals surface area contributed by atoms with E-state index in [0.29, 0.717) is 0 Å². The van der Waals surface area contributed by atoms with Crippen LogP contribution in [0.25, 0.3) is 16.3 Å². The molecule has 0 N–H and O–H groups in total. The number of amides is 1. The summed E-state index contributed by atoms with van der Waals surface area (Å²) in [5, 5.41) is 0.850. The molecule has 1 heterocycles. The van der Waals surface area contributed by atoms with Crippen LogP contribution in [0.3, 0.4) is 0 Å². The number of para-hydroxylation sites is 1. The number of benzene rings is 2. The smallest absolute Gasteiger partial charge is 0.331 e. The molecule has 0 saturated carbocycles. The fraction of sp³-hybridized carbons (Fsp3) is 0.227. The minimum Gasteiger partial charge on any atom is -0.452 e. The van der Waals surface area contributed by atoms with Crippen LogP contribution in [0.1, 0.15) is 29.1 Å². The molecular formula is C22H22N2O3S. The number of hydrogen-bond acceptors (Lipinski definition) is 5. The number of likely N-dealkylation sites (N-methyl/N-ethyl adjacent to an activating group) is 1. The maximum atomic E-state index is 12.4. The minimum absolute atomic E-state index is 0.202. The van der Waals surface area contributed by atoms with Gasteiger partial charge in [-0.1, -0.05) is 42.0 Å². The molecule has 0 aliphatic carbocycles. The van der Waals surface area contributed by atoms with Crippen LogP contribution in [0.2, 0.25) is 0 Å². The maximum absolute atomic E-state index is 12.4. The molecule has 0 fully saturated rings. The first-order valence-electron chi connectivity index (χ1n) is 8.96. The molecule has 0 radical (unpaired) electrons. The molecule has 0 bridgehead atoms. The van der Waals surface area contributed by atoms with Crippen LogP contribution in [0.15, 0.2) is 54.6 Å². The molecule has 1 aromatic heterocycles. The van der Waals surface area contributed by atoms with Crippen LogP contribution in [-0.4, -0.2) is 35.4 Å². The predicted molar refractivity (Wildman–Crippen MR) is 112 cm³/mol. The lowest BCUT2D eigenvalue weighted by molar-refractivity contribution is -0.148. The Morgan fingerprint density at radius 3 is 2.75 bits per heavy atom. The van der Waals surface area contributed by atoms with Crippen LogP contribution < -0.4 is 0 Å². The van der Waals surface area contributed by atoms with Gasteiger partial charge < -0.3 is 9.64 Å². The highest BCUT2D eigenvalue weighted by Crippen LogP contribution is 2.28. The van der Waals surface area contributed by atoms with E-state index in [4.69, 9.17) is 4.74 Å². The summed E-state index contributed by atoms with van der Waals surface area (Å²) in [5.74, 6) is -0.819. The second-order valence-electron chi connectivity index (χ2n) is 6.56. The average Bonchev–Trinajstić information content (AvgIpc) is 3.13. The molecule has 28 heavy (non-hydrogen) atoms. The van der Waals surface area contributed by atoms with Gasteiger partial charge in [-0.25, -0.2) is 9.78 Å². The number of ether oxygens (including phenoxy) is 1. The Morgan fingerprint density at radius 2 is 2.00 bits per heavy atom. The summed E-state index contributed by atoms with van der Waals surface area (Å²) >= 11 is 1.56. The summed E-state index contributed by atoms with van der Waals surface area (Å²) in [4.78, 5) is 30.4. The van der Waals surface area contributed by atoms with Crippen molar-refractivity contribution in [1.82, 2.24) is 9.88 Å². The van der Waals surface area contributed by atoms with Crippen LogP contribution in [0.4, 0.5) is 0 Å². The molecular weight excluding hydrogens is 372 g/mol. The molecule has 2 aromatic carbocycles. The van der Waals surface area contributed by atoms with Gasteiger partial charge in [0.25, 0.3) is 5.91 Å². The quantitative estimate of drug-likeness (QED) is 0.460. The molecule has 6 heteroatoms. The normalized spacial score (nSPS) is 12.2. The number of fused-ring (bicyclic) bond motifs is 1. The van der Waals surface area contributed by atoms with Crippen LogP contribution in [0, 0.1) is 6.92 Å². The zero-order valence-corrected chi connectivity index (χ0v) is 16.9. The monoisotopic (exact) mass is 394 g/mol. The highest BCUT2D eigenvalue weighted by Gasteiger charge is 2.21. The molecule has 1 atom stereocenters. The standard InChI is InChI=1S/C22H22N2O3S/c1-15-7-6-8-17(13-15)11-12-21(26)27-14-20(25)24(3)16(2)22-23-18-9-4-5-10-19(18)28-22/h4-13,16H,14H2,1-3H3/b12-11+/t16-/m1/s1. The average molecular weight is 394 g/mol. The van der Waals surface area contributed by atoms with E-state index in [0.717, 1.165) is 26.4 Å². The van der Waals surface area contributed by atoms with Gasteiger partial charge in [0.15, 0.2) is 6.61 Å². The van der Waals surface area contributed by atoms with E-state index in [1.807, 2.05) is 62.4 Å². The predicted octanol–water partition coefficient (Wildman–Crippen LogP) is 4.38. The first kappa shape index (κ1) is 19.8. The number of aromatic nitrogens is 1. The van der Waals surface area contributed by atoms with E-state index in [9.17, 15) is 9.59 Å². The van der Waals surface area contributed by atoms with Crippen LogP contribution in [-0.2, 0) is 14.3 Å². The molecule has 0 aliphatic heterocycles. The Hall–Kier alpha value is -2.99. The van der Waals surface area contributed by atoms with E-state index in [1.165, 1.54) is 6.08 Å². The Labute approximate surface area is 168 Å². The van der Waals surface area contributed by atoms with Gasteiger partial charge in [-0.05, 0) is 37.6 Å². The van der Waals surface area contributed by atoms with E-state index in [2.05, 4.69) is 4.98 Å². The van der Waals surface area contributed by atoms with Gasteiger partial charge in [0.05, 0.1) is 16.3 Å². The second-order valence-corrected chi connectivity index (χ2v) is 7.62. The lowest BCUT2D eigenvalue weighted by Gasteiger charge is -2.22. The number of aryl methyl sites for hydroxylation is 1. The Bertz CT molecular complexity index is 992. The third kappa shape index (κ3) is 4.84. The lowest BCUT2D eigenvalue weighted by Crippen LogP contribution is -2.33. The fourth-order valence-corrected chi connectivity index (χ4v) is 3.73. The number of carbonyl (C=O) groups excluding carboxylic acids is 2. The molecule has 0 saturated heterocycles. The Morgan fingerprint density at radius 1 is 1.21 bits per heavy atom. The van der Waals surface area contributed by atoms with E-state index in [1.54, 1.807) is 29.4 Å². The molecule has 1 amide bonds. The zero-order chi connectivity index (χ0) is 20.1. The summed E-state index contributed by atoms with van der Waals surface area (Å²) < 4.78 is 6.17. The highest BCUT2D eigenvalue weighted by molar-refractivity contribution is 7.18. The largest absolute Gasteiger partial charge is 0.452 e. The first-order chi connectivity index (χ1) is 13.4. The first-order valence-corrected chi connectivity index (χ1v) is 9.78. The molecule has 3 rings (SSSR count). The van der Waals surface area contributed by atoms with Crippen molar-refractivity contribution < 1.29 is 14.3 Å². The number of carbonyl (C=O) groups is 2. The summed E-state index contributed by atoms with van der Waals surface area (Å²) in [6.45, 7) is 3.59. The van der Waals surface area contributed by atoms with E-state index >= 15 is 0 Å². The molecule has 5 nitrogen and oxygen atoms in total. The van der Waals surface area contributed by atoms with Crippen molar-refractivity contribution in [3.05, 3.63) is 70.7 Å². The van der Waals surface area contributed by atoms with Gasteiger partial charge in [0.2, 0.25) is 0 Å².